The lowest BCUT2D eigenvalue weighted by Gasteiger charge is -2.19. The molecule has 0 atom stereocenters. The summed E-state index contributed by atoms with van der Waals surface area (Å²) in [6, 6.07) is 22.6. The highest BCUT2D eigenvalue weighted by Crippen LogP contribution is 2.19. The third kappa shape index (κ3) is 4.76. The molecule has 6 nitrogen and oxygen atoms in total. The predicted octanol–water partition coefficient (Wildman–Crippen LogP) is 3.87. The lowest BCUT2D eigenvalue weighted by molar-refractivity contribution is -0.121. The number of nitrogens with zero attached hydrogens (tertiary/aromatic N) is 3. The van der Waals surface area contributed by atoms with Gasteiger partial charge in [-0.15, -0.1) is 0 Å². The number of esters is 1. The van der Waals surface area contributed by atoms with Gasteiger partial charge < -0.3 is 9.30 Å². The lowest BCUT2D eigenvalue weighted by atomic mass is 10.2. The molecule has 1 aromatic heterocycles. The molecule has 1 heterocycles. The lowest BCUT2D eigenvalue weighted by Crippen LogP contribution is -2.35. The number of anilines is 1. The molecule has 2 aromatic carbocycles. The number of aromatic nitrogens is 1. The topological polar surface area (TPSA) is 75.3 Å². The Morgan fingerprint density at radius 2 is 1.67 bits per heavy atom. The summed E-state index contributed by atoms with van der Waals surface area (Å²) in [5.41, 5.74) is 3.86. The highest BCUT2D eigenvalue weighted by molar-refractivity contribution is 5.97. The Morgan fingerprint density at radius 3 is 2.30 bits per heavy atom. The first kappa shape index (κ1) is 20.9. The maximum Gasteiger partial charge on any atom is 0.340 e. The second kappa shape index (κ2) is 9.57. The van der Waals surface area contributed by atoms with Gasteiger partial charge in [-0.1, -0.05) is 48.5 Å². The van der Waals surface area contributed by atoms with Crippen molar-refractivity contribution in [3.63, 3.8) is 0 Å². The molecule has 3 aromatic rings. The fraction of sp³-hybridized carbons (Fsp3) is 0.208. The predicted molar refractivity (Wildman–Crippen MR) is 114 cm³/mol. The van der Waals surface area contributed by atoms with Crippen molar-refractivity contribution in [1.29, 1.82) is 5.26 Å². The first-order chi connectivity index (χ1) is 14.5. The van der Waals surface area contributed by atoms with Crippen LogP contribution in [0, 0.1) is 25.2 Å². The molecule has 0 bridgehead atoms. The first-order valence-electron chi connectivity index (χ1n) is 9.61. The third-order valence-electron chi connectivity index (χ3n) is 4.90. The Kier molecular flexibility index (Phi) is 6.66. The normalized spacial score (nSPS) is 10.3. The molecule has 6 heteroatoms. The Morgan fingerprint density at radius 1 is 1.03 bits per heavy atom. The van der Waals surface area contributed by atoms with Crippen LogP contribution in [0.5, 0.6) is 0 Å². The van der Waals surface area contributed by atoms with Crippen LogP contribution < -0.4 is 4.90 Å². The number of rotatable bonds is 7. The molecule has 1 amide bonds. The minimum absolute atomic E-state index is 0.119. The molecule has 0 aliphatic rings. The Balaban J connectivity index is 1.69. The van der Waals surface area contributed by atoms with Crippen molar-refractivity contribution >= 4 is 17.6 Å². The average Bonchev–Trinajstić information content (AvgIpc) is 3.05. The smallest absolute Gasteiger partial charge is 0.340 e. The van der Waals surface area contributed by atoms with E-state index in [1.165, 1.54) is 4.90 Å². The van der Waals surface area contributed by atoms with Crippen molar-refractivity contribution in [2.45, 2.75) is 20.4 Å². The number of carbonyl (C=O) groups excluding carboxylic acids is 2. The quantitative estimate of drug-likeness (QED) is 0.445. The summed E-state index contributed by atoms with van der Waals surface area (Å²) in [6.07, 6.45) is 0. The summed E-state index contributed by atoms with van der Waals surface area (Å²) in [5.74, 6) is -1.00. The standard InChI is InChI=1S/C24H23N3O3/c1-18-15-22(19(2)27(18)16-20-9-5-3-6-10-20)24(29)30-17-23(28)26(14-13-25)21-11-7-4-8-12-21/h3-12,15H,14,16-17H2,1-2H3. The van der Waals surface area contributed by atoms with E-state index in [1.54, 1.807) is 30.3 Å². The molecular weight excluding hydrogens is 378 g/mol. The second-order valence-electron chi connectivity index (χ2n) is 6.91. The minimum atomic E-state index is -0.555. The minimum Gasteiger partial charge on any atom is -0.452 e. The maximum atomic E-state index is 12.6. The molecular formula is C24H23N3O3. The third-order valence-corrected chi connectivity index (χ3v) is 4.90. The number of benzene rings is 2. The summed E-state index contributed by atoms with van der Waals surface area (Å²) >= 11 is 0. The number of hydrogen-bond donors (Lipinski definition) is 0. The summed E-state index contributed by atoms with van der Waals surface area (Å²) < 4.78 is 7.33. The summed E-state index contributed by atoms with van der Waals surface area (Å²) in [4.78, 5) is 26.5. The molecule has 30 heavy (non-hydrogen) atoms. The van der Waals surface area contributed by atoms with E-state index in [2.05, 4.69) is 0 Å². The van der Waals surface area contributed by atoms with Crippen LogP contribution in [-0.4, -0.2) is 29.6 Å². The molecule has 3 rings (SSSR count). The summed E-state index contributed by atoms with van der Waals surface area (Å²) in [5, 5.41) is 9.04. The van der Waals surface area contributed by atoms with Gasteiger partial charge in [0.2, 0.25) is 0 Å². The molecule has 0 aliphatic heterocycles. The fourth-order valence-electron chi connectivity index (χ4n) is 3.30. The number of para-hydroxylation sites is 1. The molecule has 0 saturated heterocycles. The Labute approximate surface area is 175 Å². The molecule has 0 aliphatic carbocycles. The van der Waals surface area contributed by atoms with Gasteiger partial charge in [-0.05, 0) is 37.6 Å². The van der Waals surface area contributed by atoms with Gasteiger partial charge in [-0.25, -0.2) is 4.79 Å². The van der Waals surface area contributed by atoms with Crippen LogP contribution in [-0.2, 0) is 16.1 Å². The number of aryl methyl sites for hydroxylation is 1. The van der Waals surface area contributed by atoms with Crippen LogP contribution in [0.4, 0.5) is 5.69 Å². The van der Waals surface area contributed by atoms with E-state index in [4.69, 9.17) is 10.00 Å². The highest BCUT2D eigenvalue weighted by Gasteiger charge is 2.21. The molecule has 0 fully saturated rings. The zero-order chi connectivity index (χ0) is 21.5. The van der Waals surface area contributed by atoms with Gasteiger partial charge in [0, 0.05) is 23.6 Å². The summed E-state index contributed by atoms with van der Waals surface area (Å²) in [7, 11) is 0. The Bertz CT molecular complexity index is 1070. The molecule has 0 saturated carbocycles. The highest BCUT2D eigenvalue weighted by atomic mass is 16.5. The van der Waals surface area contributed by atoms with E-state index < -0.39 is 18.5 Å². The molecule has 0 unspecified atom stereocenters. The van der Waals surface area contributed by atoms with Crippen molar-refractivity contribution in [3.05, 3.63) is 89.2 Å². The van der Waals surface area contributed by atoms with Gasteiger partial charge in [0.25, 0.3) is 5.91 Å². The van der Waals surface area contributed by atoms with Crippen molar-refractivity contribution in [2.75, 3.05) is 18.1 Å². The van der Waals surface area contributed by atoms with E-state index in [0.717, 1.165) is 17.0 Å². The van der Waals surface area contributed by atoms with E-state index in [9.17, 15) is 9.59 Å². The average molecular weight is 401 g/mol. The number of carbonyl (C=O) groups is 2. The zero-order valence-electron chi connectivity index (χ0n) is 17.0. The van der Waals surface area contributed by atoms with Crippen molar-refractivity contribution in [3.8, 4) is 6.07 Å². The van der Waals surface area contributed by atoms with Gasteiger partial charge in [0.15, 0.2) is 6.61 Å². The van der Waals surface area contributed by atoms with Gasteiger partial charge in [-0.3, -0.25) is 9.69 Å². The van der Waals surface area contributed by atoms with Crippen LogP contribution in [0.2, 0.25) is 0 Å². The largest absolute Gasteiger partial charge is 0.452 e. The number of hydrogen-bond acceptors (Lipinski definition) is 4. The van der Waals surface area contributed by atoms with Crippen LogP contribution >= 0.6 is 0 Å². The van der Waals surface area contributed by atoms with Crippen molar-refractivity contribution < 1.29 is 14.3 Å². The van der Waals surface area contributed by atoms with Crippen LogP contribution in [0.25, 0.3) is 0 Å². The molecule has 0 spiro atoms. The number of amides is 1. The molecule has 0 radical (unpaired) electrons. The fourth-order valence-corrected chi connectivity index (χ4v) is 3.30. The SMILES string of the molecule is Cc1cc(C(=O)OCC(=O)N(CC#N)c2ccccc2)c(C)n1Cc1ccccc1. The van der Waals surface area contributed by atoms with Gasteiger partial charge in [-0.2, -0.15) is 5.26 Å². The monoisotopic (exact) mass is 401 g/mol. The van der Waals surface area contributed by atoms with E-state index in [-0.39, 0.29) is 6.54 Å². The van der Waals surface area contributed by atoms with E-state index >= 15 is 0 Å². The van der Waals surface area contributed by atoms with Gasteiger partial charge in [0.1, 0.15) is 6.54 Å². The molecule has 152 valence electrons. The van der Waals surface area contributed by atoms with Crippen LogP contribution in [0.3, 0.4) is 0 Å². The van der Waals surface area contributed by atoms with E-state index in [0.29, 0.717) is 17.8 Å². The first-order valence-corrected chi connectivity index (χ1v) is 9.61. The number of nitriles is 1. The van der Waals surface area contributed by atoms with Crippen molar-refractivity contribution in [1.82, 2.24) is 4.57 Å². The van der Waals surface area contributed by atoms with Gasteiger partial charge in [0.05, 0.1) is 11.6 Å². The number of ether oxygens (including phenoxy) is 1. The van der Waals surface area contributed by atoms with Crippen LogP contribution in [0.15, 0.2) is 66.7 Å². The van der Waals surface area contributed by atoms with Crippen molar-refractivity contribution in [2.24, 2.45) is 0 Å². The van der Waals surface area contributed by atoms with Crippen LogP contribution in [0.1, 0.15) is 27.3 Å². The summed E-state index contributed by atoms with van der Waals surface area (Å²) in [6.45, 7) is 3.89. The van der Waals surface area contributed by atoms with Gasteiger partial charge >= 0.3 is 5.97 Å². The van der Waals surface area contributed by atoms with E-state index in [1.807, 2.05) is 60.9 Å². The second-order valence-corrected chi connectivity index (χ2v) is 6.91. The maximum absolute atomic E-state index is 12.6. The molecule has 0 N–H and O–H groups in total. The Hall–Kier alpha value is -3.85. The zero-order valence-corrected chi connectivity index (χ0v) is 17.0.